The number of hydrogen-bond acceptors (Lipinski definition) is 6. The number of nitrogens with zero attached hydrogens (tertiary/aromatic N) is 3. The molecule has 11 heteroatoms. The van der Waals surface area contributed by atoms with Crippen molar-refractivity contribution in [2.24, 2.45) is 0 Å². The summed E-state index contributed by atoms with van der Waals surface area (Å²) in [6, 6.07) is 5.88. The first-order valence-electron chi connectivity index (χ1n) is 6.82. The van der Waals surface area contributed by atoms with E-state index in [1.54, 1.807) is 20.2 Å². The van der Waals surface area contributed by atoms with Gasteiger partial charge >= 0.3 is 6.18 Å². The zero-order valence-corrected chi connectivity index (χ0v) is 13.9. The minimum atomic E-state index is -4.62. The molecule has 25 heavy (non-hydrogen) atoms. The average Bonchev–Trinajstić information content (AvgIpc) is 3.01. The van der Waals surface area contributed by atoms with Crippen molar-refractivity contribution in [1.82, 2.24) is 15.1 Å². The van der Waals surface area contributed by atoms with E-state index >= 15 is 0 Å². The molecule has 0 aliphatic carbocycles. The second-order valence-corrected chi connectivity index (χ2v) is 5.95. The first kappa shape index (κ1) is 18.6. The van der Waals surface area contributed by atoms with Gasteiger partial charge in [-0.25, -0.2) is 0 Å². The van der Waals surface area contributed by atoms with Gasteiger partial charge in [0.25, 0.3) is 11.8 Å². The van der Waals surface area contributed by atoms with Crippen molar-refractivity contribution >= 4 is 28.3 Å². The molecule has 0 bridgehead atoms. The van der Waals surface area contributed by atoms with E-state index < -0.39 is 17.1 Å². The van der Waals surface area contributed by atoms with Crippen LogP contribution in [0, 0.1) is 0 Å². The number of anilines is 1. The zero-order valence-electron chi connectivity index (χ0n) is 13.1. The first-order chi connectivity index (χ1) is 11.7. The van der Waals surface area contributed by atoms with Crippen LogP contribution < -0.4 is 10.1 Å². The maximum absolute atomic E-state index is 12.5. The molecule has 2 aromatic rings. The molecule has 1 aromatic carbocycles. The van der Waals surface area contributed by atoms with Crippen LogP contribution in [0.25, 0.3) is 0 Å². The standard InChI is InChI=1S/C14H13F3N4O3S/c1-21(2)10(22)7-24-9-5-3-4-8(6-9)11(23)18-13-20-19-12(25-13)14(15,16)17/h3-6H,7H2,1-2H3,(H,18,20,23). The van der Waals surface area contributed by atoms with Crippen LogP contribution >= 0.6 is 11.3 Å². The maximum atomic E-state index is 12.5. The van der Waals surface area contributed by atoms with Gasteiger partial charge in [-0.3, -0.25) is 14.9 Å². The van der Waals surface area contributed by atoms with Crippen LogP contribution in [0.1, 0.15) is 15.4 Å². The third-order valence-corrected chi connectivity index (χ3v) is 3.73. The van der Waals surface area contributed by atoms with Gasteiger partial charge in [0.05, 0.1) is 0 Å². The Labute approximate surface area is 144 Å². The first-order valence-corrected chi connectivity index (χ1v) is 7.63. The molecule has 0 saturated heterocycles. The molecule has 0 fully saturated rings. The number of halogens is 3. The van der Waals surface area contributed by atoms with E-state index in [4.69, 9.17) is 4.74 Å². The van der Waals surface area contributed by atoms with Gasteiger partial charge in [0.1, 0.15) is 5.75 Å². The van der Waals surface area contributed by atoms with Crippen molar-refractivity contribution in [3.8, 4) is 5.75 Å². The van der Waals surface area contributed by atoms with E-state index in [0.29, 0.717) is 0 Å². The smallest absolute Gasteiger partial charge is 0.445 e. The van der Waals surface area contributed by atoms with Gasteiger partial charge in [-0.2, -0.15) is 13.2 Å². The molecule has 0 radical (unpaired) electrons. The Morgan fingerprint density at radius 3 is 2.60 bits per heavy atom. The molecule has 0 unspecified atom stereocenters. The lowest BCUT2D eigenvalue weighted by Crippen LogP contribution is -2.27. The molecule has 0 saturated carbocycles. The molecule has 1 aromatic heterocycles. The number of carbonyl (C=O) groups is 2. The van der Waals surface area contributed by atoms with Crippen molar-refractivity contribution in [1.29, 1.82) is 0 Å². The molecule has 2 amide bonds. The fraction of sp³-hybridized carbons (Fsp3) is 0.286. The number of ether oxygens (including phenoxy) is 1. The lowest BCUT2D eigenvalue weighted by Gasteiger charge is -2.11. The predicted octanol–water partition coefficient (Wildman–Crippen LogP) is 2.28. The molecule has 1 N–H and O–H groups in total. The predicted molar refractivity (Wildman–Crippen MR) is 83.5 cm³/mol. The number of hydrogen-bond donors (Lipinski definition) is 1. The minimum Gasteiger partial charge on any atom is -0.484 e. The van der Waals surface area contributed by atoms with Crippen molar-refractivity contribution in [2.75, 3.05) is 26.0 Å². The number of rotatable bonds is 5. The van der Waals surface area contributed by atoms with E-state index in [2.05, 4.69) is 15.5 Å². The molecular weight excluding hydrogens is 361 g/mol. The third kappa shape index (κ3) is 5.14. The van der Waals surface area contributed by atoms with E-state index in [1.807, 2.05) is 0 Å². The molecular formula is C14H13F3N4O3S. The number of alkyl halides is 3. The van der Waals surface area contributed by atoms with E-state index in [1.165, 1.54) is 23.1 Å². The van der Waals surface area contributed by atoms with Crippen LogP contribution in [0.2, 0.25) is 0 Å². The Morgan fingerprint density at radius 2 is 2.00 bits per heavy atom. The Bertz CT molecular complexity index is 777. The molecule has 2 rings (SSSR count). The summed E-state index contributed by atoms with van der Waals surface area (Å²) in [6.07, 6.45) is -4.62. The van der Waals surface area contributed by atoms with Crippen LogP contribution in [-0.2, 0) is 11.0 Å². The number of amides is 2. The van der Waals surface area contributed by atoms with Gasteiger partial charge in [-0.05, 0) is 18.2 Å². The summed E-state index contributed by atoms with van der Waals surface area (Å²) in [4.78, 5) is 24.9. The summed E-state index contributed by atoms with van der Waals surface area (Å²) in [5, 5.41) is 7.08. The van der Waals surface area contributed by atoms with Gasteiger partial charge in [0.15, 0.2) is 6.61 Å². The van der Waals surface area contributed by atoms with Gasteiger partial charge in [0.2, 0.25) is 10.1 Å². The quantitative estimate of drug-likeness (QED) is 0.868. The monoisotopic (exact) mass is 374 g/mol. The second-order valence-electron chi connectivity index (χ2n) is 4.97. The summed E-state index contributed by atoms with van der Waals surface area (Å²) < 4.78 is 42.7. The Kier molecular flexibility index (Phi) is 5.57. The fourth-order valence-corrected chi connectivity index (χ4v) is 2.16. The zero-order chi connectivity index (χ0) is 18.6. The Morgan fingerprint density at radius 1 is 1.28 bits per heavy atom. The van der Waals surface area contributed by atoms with E-state index in [-0.39, 0.29) is 40.3 Å². The minimum absolute atomic E-state index is 0.138. The lowest BCUT2D eigenvalue weighted by atomic mass is 10.2. The number of nitrogens with one attached hydrogen (secondary N) is 1. The molecule has 0 aliphatic heterocycles. The van der Waals surface area contributed by atoms with Gasteiger partial charge in [0, 0.05) is 19.7 Å². The molecule has 1 heterocycles. The molecule has 0 atom stereocenters. The summed E-state index contributed by atoms with van der Waals surface area (Å²) in [5.74, 6) is -0.659. The van der Waals surface area contributed by atoms with Gasteiger partial charge in [-0.1, -0.05) is 17.4 Å². The van der Waals surface area contributed by atoms with E-state index in [0.717, 1.165) is 0 Å². The Balaban J connectivity index is 2.03. The lowest BCUT2D eigenvalue weighted by molar-refractivity contribution is -0.138. The summed E-state index contributed by atoms with van der Waals surface area (Å²) in [6.45, 7) is -0.205. The molecule has 0 spiro atoms. The topological polar surface area (TPSA) is 84.4 Å². The number of likely N-dealkylation sites (N-methyl/N-ethyl adjacent to an activating group) is 1. The highest BCUT2D eigenvalue weighted by atomic mass is 32.1. The largest absolute Gasteiger partial charge is 0.484 e. The van der Waals surface area contributed by atoms with Crippen molar-refractivity contribution in [3.05, 3.63) is 34.8 Å². The maximum Gasteiger partial charge on any atom is 0.445 e. The molecule has 7 nitrogen and oxygen atoms in total. The molecule has 0 aliphatic rings. The highest BCUT2D eigenvalue weighted by Gasteiger charge is 2.35. The van der Waals surface area contributed by atoms with Crippen LogP contribution in [0.15, 0.2) is 24.3 Å². The fourth-order valence-electron chi connectivity index (χ4n) is 1.56. The van der Waals surface area contributed by atoms with Crippen LogP contribution in [-0.4, -0.2) is 47.6 Å². The number of aromatic nitrogens is 2. The van der Waals surface area contributed by atoms with Crippen molar-refractivity contribution < 1.29 is 27.5 Å². The van der Waals surface area contributed by atoms with Crippen LogP contribution in [0.4, 0.5) is 18.3 Å². The highest BCUT2D eigenvalue weighted by molar-refractivity contribution is 7.15. The van der Waals surface area contributed by atoms with Crippen LogP contribution in [0.3, 0.4) is 0 Å². The SMILES string of the molecule is CN(C)C(=O)COc1cccc(C(=O)Nc2nnc(C(F)(F)F)s2)c1. The average molecular weight is 374 g/mol. The highest BCUT2D eigenvalue weighted by Crippen LogP contribution is 2.33. The summed E-state index contributed by atoms with van der Waals surface area (Å²) >= 11 is 0.224. The summed E-state index contributed by atoms with van der Waals surface area (Å²) in [7, 11) is 3.15. The van der Waals surface area contributed by atoms with Crippen LogP contribution in [0.5, 0.6) is 5.75 Å². The van der Waals surface area contributed by atoms with Crippen molar-refractivity contribution in [2.45, 2.75) is 6.18 Å². The summed E-state index contributed by atoms with van der Waals surface area (Å²) in [5.41, 5.74) is 0.138. The Hall–Kier alpha value is -2.69. The van der Waals surface area contributed by atoms with Crippen molar-refractivity contribution in [3.63, 3.8) is 0 Å². The van der Waals surface area contributed by atoms with E-state index in [9.17, 15) is 22.8 Å². The normalized spacial score (nSPS) is 11.1. The second kappa shape index (κ2) is 7.47. The number of benzene rings is 1. The third-order valence-electron chi connectivity index (χ3n) is 2.85. The number of carbonyl (C=O) groups excluding carboxylic acids is 2. The van der Waals surface area contributed by atoms with Gasteiger partial charge in [-0.15, -0.1) is 10.2 Å². The van der Waals surface area contributed by atoms with Gasteiger partial charge < -0.3 is 9.64 Å². The molecule has 134 valence electrons.